The Morgan fingerprint density at radius 1 is 1.17 bits per heavy atom. The summed E-state index contributed by atoms with van der Waals surface area (Å²) in [7, 11) is 0. The number of amides is 1. The topological polar surface area (TPSA) is 95.1 Å². The van der Waals surface area contributed by atoms with Gasteiger partial charge in [-0.05, 0) is 18.9 Å². The van der Waals surface area contributed by atoms with Crippen molar-refractivity contribution in [1.82, 2.24) is 25.1 Å². The molecule has 0 aromatic carbocycles. The third-order valence-electron chi connectivity index (χ3n) is 4.44. The van der Waals surface area contributed by atoms with Crippen LogP contribution in [0.5, 0.6) is 0 Å². The van der Waals surface area contributed by atoms with Crippen molar-refractivity contribution in [2.75, 3.05) is 31.1 Å². The Morgan fingerprint density at radius 3 is 2.62 bits per heavy atom. The smallest absolute Gasteiger partial charge is 0.272 e. The highest BCUT2D eigenvalue weighted by molar-refractivity contribution is 5.92. The molecule has 0 bridgehead atoms. The zero-order valence-electron chi connectivity index (χ0n) is 13.2. The van der Waals surface area contributed by atoms with Gasteiger partial charge in [0.2, 0.25) is 0 Å². The molecule has 0 unspecified atom stereocenters. The van der Waals surface area contributed by atoms with Gasteiger partial charge < -0.3 is 14.8 Å². The molecule has 124 valence electrons. The number of rotatable bonds is 3. The molecule has 4 rings (SSSR count). The zero-order chi connectivity index (χ0) is 16.5. The second kappa shape index (κ2) is 6.03. The lowest BCUT2D eigenvalue weighted by atomic mass is 10.2. The lowest BCUT2D eigenvalue weighted by molar-refractivity contribution is 0.0740. The number of nitrogens with one attached hydrogen (secondary N) is 1. The largest absolute Gasteiger partial charge is 0.367 e. The van der Waals surface area contributed by atoms with Gasteiger partial charge in [0.15, 0.2) is 0 Å². The van der Waals surface area contributed by atoms with E-state index in [4.69, 9.17) is 0 Å². The summed E-state index contributed by atoms with van der Waals surface area (Å²) < 4.78 is 0. The average molecular weight is 326 g/mol. The first-order valence-corrected chi connectivity index (χ1v) is 8.13. The first kappa shape index (κ1) is 14.8. The van der Waals surface area contributed by atoms with Crippen LogP contribution >= 0.6 is 0 Å². The summed E-state index contributed by atoms with van der Waals surface area (Å²) in [5.41, 5.74) is 0.999. The lowest BCUT2D eigenvalue weighted by Crippen LogP contribution is -2.49. The van der Waals surface area contributed by atoms with Crippen molar-refractivity contribution in [3.63, 3.8) is 0 Å². The highest BCUT2D eigenvalue weighted by Crippen LogP contribution is 2.37. The van der Waals surface area contributed by atoms with Crippen LogP contribution in [0.4, 0.5) is 5.69 Å². The molecular formula is C16H18N6O2. The first-order chi connectivity index (χ1) is 11.7. The number of nitrogens with zero attached hydrogens (tertiary/aromatic N) is 5. The van der Waals surface area contributed by atoms with Gasteiger partial charge >= 0.3 is 0 Å². The van der Waals surface area contributed by atoms with E-state index in [1.165, 1.54) is 6.07 Å². The zero-order valence-corrected chi connectivity index (χ0v) is 13.2. The summed E-state index contributed by atoms with van der Waals surface area (Å²) in [6.07, 6.45) is 5.43. The first-order valence-electron chi connectivity index (χ1n) is 8.13. The van der Waals surface area contributed by atoms with Crippen molar-refractivity contribution in [1.29, 1.82) is 0 Å². The summed E-state index contributed by atoms with van der Waals surface area (Å²) >= 11 is 0. The van der Waals surface area contributed by atoms with Gasteiger partial charge in [-0.1, -0.05) is 0 Å². The number of carbonyl (C=O) groups is 1. The molecule has 8 nitrogen and oxygen atoms in total. The van der Waals surface area contributed by atoms with Crippen LogP contribution < -0.4 is 10.5 Å². The van der Waals surface area contributed by atoms with Gasteiger partial charge in [-0.25, -0.2) is 4.98 Å². The van der Waals surface area contributed by atoms with Crippen molar-refractivity contribution >= 4 is 11.6 Å². The predicted octanol–water partition coefficient (Wildman–Crippen LogP) is 0.400. The van der Waals surface area contributed by atoms with E-state index in [1.54, 1.807) is 17.3 Å². The van der Waals surface area contributed by atoms with Crippen molar-refractivity contribution in [3.8, 4) is 0 Å². The fourth-order valence-electron chi connectivity index (χ4n) is 2.94. The average Bonchev–Trinajstić information content (AvgIpc) is 3.47. The number of hydrogen-bond donors (Lipinski definition) is 1. The third kappa shape index (κ3) is 2.99. The number of anilines is 1. The SMILES string of the molecule is O=C(c1cc(=O)[nH]c(C2CC2)n1)N1CCN(c2ccnnc2)CC1. The summed E-state index contributed by atoms with van der Waals surface area (Å²) in [4.78, 5) is 35.5. The Labute approximate surface area is 138 Å². The van der Waals surface area contributed by atoms with E-state index in [1.807, 2.05) is 6.07 Å². The minimum atomic E-state index is -0.253. The van der Waals surface area contributed by atoms with Crippen LogP contribution in [0.15, 0.2) is 29.3 Å². The number of piperazine rings is 1. The summed E-state index contributed by atoms with van der Waals surface area (Å²) in [6.45, 7) is 2.62. The minimum absolute atomic E-state index is 0.171. The molecule has 1 aliphatic carbocycles. The van der Waals surface area contributed by atoms with Gasteiger partial charge in [0.1, 0.15) is 11.5 Å². The Bertz CT molecular complexity index is 794. The molecule has 8 heteroatoms. The fraction of sp³-hybridized carbons (Fsp3) is 0.438. The molecule has 2 aromatic rings. The molecule has 24 heavy (non-hydrogen) atoms. The van der Waals surface area contributed by atoms with Crippen LogP contribution in [-0.2, 0) is 0 Å². The molecule has 0 atom stereocenters. The minimum Gasteiger partial charge on any atom is -0.367 e. The van der Waals surface area contributed by atoms with E-state index in [0.717, 1.165) is 31.6 Å². The van der Waals surface area contributed by atoms with E-state index in [9.17, 15) is 9.59 Å². The van der Waals surface area contributed by atoms with Gasteiger partial charge in [0.05, 0.1) is 18.1 Å². The van der Waals surface area contributed by atoms with Gasteiger partial charge in [-0.15, -0.1) is 0 Å². The van der Waals surface area contributed by atoms with Crippen molar-refractivity contribution in [2.45, 2.75) is 18.8 Å². The molecule has 1 saturated heterocycles. The standard InChI is InChI=1S/C16H18N6O2/c23-14-9-13(19-15(20-14)11-1-2-11)16(24)22-7-5-21(6-8-22)12-3-4-17-18-10-12/h3-4,9-11H,1-2,5-8H2,(H,19,20,23). The molecule has 2 aromatic heterocycles. The maximum absolute atomic E-state index is 12.7. The number of aromatic nitrogens is 4. The second-order valence-corrected chi connectivity index (χ2v) is 6.17. The molecule has 2 aliphatic rings. The van der Waals surface area contributed by atoms with E-state index in [2.05, 4.69) is 25.1 Å². The molecule has 2 fully saturated rings. The fourth-order valence-corrected chi connectivity index (χ4v) is 2.94. The Morgan fingerprint density at radius 2 is 1.96 bits per heavy atom. The highest BCUT2D eigenvalue weighted by Gasteiger charge is 2.29. The van der Waals surface area contributed by atoms with Crippen LogP contribution in [0.2, 0.25) is 0 Å². The third-order valence-corrected chi connectivity index (χ3v) is 4.44. The van der Waals surface area contributed by atoms with Gasteiger partial charge in [0, 0.05) is 38.2 Å². The molecule has 3 heterocycles. The molecule has 0 radical (unpaired) electrons. The Hall–Kier alpha value is -2.77. The molecule has 1 N–H and O–H groups in total. The van der Waals surface area contributed by atoms with E-state index < -0.39 is 0 Å². The van der Waals surface area contributed by atoms with Gasteiger partial charge in [-0.3, -0.25) is 9.59 Å². The predicted molar refractivity (Wildman–Crippen MR) is 87.0 cm³/mol. The van der Waals surface area contributed by atoms with E-state index >= 15 is 0 Å². The van der Waals surface area contributed by atoms with Gasteiger partial charge in [-0.2, -0.15) is 10.2 Å². The maximum Gasteiger partial charge on any atom is 0.272 e. The van der Waals surface area contributed by atoms with Gasteiger partial charge in [0.25, 0.3) is 11.5 Å². The van der Waals surface area contributed by atoms with E-state index in [0.29, 0.717) is 24.8 Å². The second-order valence-electron chi connectivity index (χ2n) is 6.17. The summed E-state index contributed by atoms with van der Waals surface area (Å²) in [6, 6.07) is 3.21. The molecule has 1 amide bonds. The summed E-state index contributed by atoms with van der Waals surface area (Å²) in [5, 5.41) is 7.66. The van der Waals surface area contributed by atoms with Crippen LogP contribution in [0.25, 0.3) is 0 Å². The van der Waals surface area contributed by atoms with E-state index in [-0.39, 0.29) is 17.2 Å². The van der Waals surface area contributed by atoms with Crippen LogP contribution in [-0.4, -0.2) is 57.2 Å². The normalized spacial score (nSPS) is 17.8. The maximum atomic E-state index is 12.7. The Kier molecular flexibility index (Phi) is 3.72. The van der Waals surface area contributed by atoms with Crippen LogP contribution in [0.1, 0.15) is 35.1 Å². The molecular weight excluding hydrogens is 308 g/mol. The number of carbonyl (C=O) groups excluding carboxylic acids is 1. The number of aromatic amines is 1. The lowest BCUT2D eigenvalue weighted by Gasteiger charge is -2.35. The monoisotopic (exact) mass is 326 g/mol. The van der Waals surface area contributed by atoms with Crippen molar-refractivity contribution < 1.29 is 4.79 Å². The van der Waals surface area contributed by atoms with Crippen molar-refractivity contribution in [3.05, 3.63) is 46.4 Å². The molecule has 1 saturated carbocycles. The summed E-state index contributed by atoms with van der Waals surface area (Å²) in [5.74, 6) is 0.782. The number of H-pyrrole nitrogens is 1. The Balaban J connectivity index is 1.46. The highest BCUT2D eigenvalue weighted by atomic mass is 16.2. The van der Waals surface area contributed by atoms with Crippen LogP contribution in [0, 0.1) is 0 Å². The molecule has 1 aliphatic heterocycles. The molecule has 0 spiro atoms. The quantitative estimate of drug-likeness (QED) is 0.877. The van der Waals surface area contributed by atoms with Crippen molar-refractivity contribution in [2.24, 2.45) is 0 Å². The number of hydrogen-bond acceptors (Lipinski definition) is 6. The van der Waals surface area contributed by atoms with Crippen LogP contribution in [0.3, 0.4) is 0 Å².